The molecule has 0 unspecified atom stereocenters. The molecule has 0 aromatic carbocycles. The molecule has 2 aliphatic carbocycles. The fourth-order valence-electron chi connectivity index (χ4n) is 3.44. The van der Waals surface area contributed by atoms with Crippen LogP contribution in [0, 0.1) is 28.3 Å². The predicted octanol–water partition coefficient (Wildman–Crippen LogP) is 2.02. The van der Waals surface area contributed by atoms with Crippen molar-refractivity contribution in [2.24, 2.45) is 16.7 Å². The third kappa shape index (κ3) is 0.808. The van der Waals surface area contributed by atoms with E-state index in [1.807, 2.05) is 6.92 Å². The van der Waals surface area contributed by atoms with Crippen molar-refractivity contribution >= 4 is 0 Å². The van der Waals surface area contributed by atoms with Gasteiger partial charge in [0, 0.05) is 11.8 Å². The van der Waals surface area contributed by atoms with Crippen LogP contribution in [0.5, 0.6) is 0 Å². The second-order valence-corrected chi connectivity index (χ2v) is 5.47. The Morgan fingerprint density at radius 3 is 2.43 bits per heavy atom. The van der Waals surface area contributed by atoms with E-state index in [0.29, 0.717) is 12.3 Å². The van der Waals surface area contributed by atoms with Crippen molar-refractivity contribution in [3.8, 4) is 6.26 Å². The molecule has 1 N–H and O–H groups in total. The molecule has 3 heteroatoms. The summed E-state index contributed by atoms with van der Waals surface area (Å²) in [5.41, 5.74) is -0.209. The lowest BCUT2D eigenvalue weighted by molar-refractivity contribution is -0.239. The number of hydrogen-bond acceptors (Lipinski definition) is 3. The minimum Gasteiger partial charge on any atom is -0.392 e. The Labute approximate surface area is 84.7 Å². The maximum atomic E-state index is 10.3. The van der Waals surface area contributed by atoms with Crippen molar-refractivity contribution in [3.05, 3.63) is 0 Å². The van der Waals surface area contributed by atoms with Crippen LogP contribution in [0.1, 0.15) is 40.0 Å². The summed E-state index contributed by atoms with van der Waals surface area (Å²) in [6.07, 6.45) is 4.34. The lowest BCUT2D eigenvalue weighted by Crippen LogP contribution is -2.48. The fourth-order valence-corrected chi connectivity index (χ4v) is 3.44. The van der Waals surface area contributed by atoms with Gasteiger partial charge in [-0.15, -0.1) is 0 Å². The van der Waals surface area contributed by atoms with Crippen LogP contribution < -0.4 is 0 Å². The van der Waals surface area contributed by atoms with Crippen LogP contribution >= 0.6 is 0 Å². The highest BCUT2D eigenvalue weighted by molar-refractivity contribution is 5.14. The van der Waals surface area contributed by atoms with Crippen LogP contribution in [-0.2, 0) is 4.74 Å². The maximum absolute atomic E-state index is 10.3. The van der Waals surface area contributed by atoms with Gasteiger partial charge in [0.15, 0.2) is 0 Å². The Kier molecular flexibility index (Phi) is 1.70. The summed E-state index contributed by atoms with van der Waals surface area (Å²) in [5, 5.41) is 18.9. The second-order valence-electron chi connectivity index (χ2n) is 5.47. The summed E-state index contributed by atoms with van der Waals surface area (Å²) in [5.74, 6) is -0.750. The molecule has 0 radical (unpaired) electrons. The number of ether oxygens (including phenoxy) is 1. The fraction of sp³-hybridized carbons (Fsp3) is 0.909. The molecule has 2 rings (SSSR count). The molecule has 0 aliphatic heterocycles. The van der Waals surface area contributed by atoms with E-state index in [-0.39, 0.29) is 10.8 Å². The Hall–Kier alpha value is -0.750. The first-order valence-corrected chi connectivity index (χ1v) is 5.17. The van der Waals surface area contributed by atoms with Gasteiger partial charge in [-0.05, 0) is 24.2 Å². The van der Waals surface area contributed by atoms with Gasteiger partial charge in [-0.2, -0.15) is 5.26 Å². The van der Waals surface area contributed by atoms with E-state index in [1.54, 1.807) is 6.26 Å². The number of nitriles is 1. The molecule has 2 fully saturated rings. The van der Waals surface area contributed by atoms with Crippen molar-refractivity contribution in [1.29, 1.82) is 5.26 Å². The van der Waals surface area contributed by atoms with E-state index in [2.05, 4.69) is 13.8 Å². The predicted molar refractivity (Wildman–Crippen MR) is 50.9 cm³/mol. The largest absolute Gasteiger partial charge is 0.392 e. The second kappa shape index (κ2) is 2.43. The molecule has 0 aromatic rings. The van der Waals surface area contributed by atoms with Crippen LogP contribution in [0.25, 0.3) is 0 Å². The molecule has 2 bridgehead atoms. The zero-order valence-electron chi connectivity index (χ0n) is 9.00. The Bertz CT molecular complexity index is 307. The molecule has 14 heavy (non-hydrogen) atoms. The molecule has 0 heterocycles. The molecular weight excluding hydrogens is 178 g/mol. The number of aliphatic hydroxyl groups is 1. The number of nitrogens with zero attached hydrogens (tertiary/aromatic N) is 1. The van der Waals surface area contributed by atoms with Crippen LogP contribution in [0.15, 0.2) is 0 Å². The standard InChI is InChI=1S/C11H17NO2/c1-9(2)8-4-5-10(9,3)11(13,6-8)14-7-12/h8,13H,4-6H2,1-3H3/t8-,10-,11+/m1/s1. The molecule has 3 nitrogen and oxygen atoms in total. The normalized spacial score (nSPS) is 48.9. The van der Waals surface area contributed by atoms with Crippen molar-refractivity contribution in [1.82, 2.24) is 0 Å². The lowest BCUT2D eigenvalue weighted by Gasteiger charge is -2.42. The van der Waals surface area contributed by atoms with Gasteiger partial charge < -0.3 is 9.84 Å². The summed E-state index contributed by atoms with van der Waals surface area (Å²) in [4.78, 5) is 0. The molecule has 2 aliphatic rings. The van der Waals surface area contributed by atoms with Gasteiger partial charge >= 0.3 is 0 Å². The van der Waals surface area contributed by atoms with E-state index in [1.165, 1.54) is 0 Å². The molecule has 0 spiro atoms. The highest BCUT2D eigenvalue weighted by Gasteiger charge is 2.70. The van der Waals surface area contributed by atoms with E-state index in [0.717, 1.165) is 12.8 Å². The average molecular weight is 195 g/mol. The van der Waals surface area contributed by atoms with Gasteiger partial charge in [0.25, 0.3) is 6.26 Å². The first kappa shape index (κ1) is 9.79. The summed E-state index contributed by atoms with van der Waals surface area (Å²) >= 11 is 0. The molecular formula is C11H17NO2. The van der Waals surface area contributed by atoms with Gasteiger partial charge in [-0.25, -0.2) is 0 Å². The summed E-state index contributed by atoms with van der Waals surface area (Å²) in [7, 11) is 0. The zero-order valence-corrected chi connectivity index (χ0v) is 9.00. The van der Waals surface area contributed by atoms with Gasteiger partial charge in [-0.3, -0.25) is 0 Å². The average Bonchev–Trinajstić information content (AvgIpc) is 2.36. The number of fused-ring (bicyclic) bond motifs is 2. The zero-order chi connectivity index (χ0) is 10.6. The first-order valence-electron chi connectivity index (χ1n) is 5.17. The summed E-state index contributed by atoms with van der Waals surface area (Å²) in [6, 6.07) is 0. The van der Waals surface area contributed by atoms with Crippen LogP contribution in [0.2, 0.25) is 0 Å². The Balaban J connectivity index is 2.41. The Morgan fingerprint density at radius 1 is 1.43 bits per heavy atom. The highest BCUT2D eigenvalue weighted by atomic mass is 16.6. The highest BCUT2D eigenvalue weighted by Crippen LogP contribution is 2.69. The van der Waals surface area contributed by atoms with Crippen molar-refractivity contribution in [2.75, 3.05) is 0 Å². The molecule has 0 aromatic heterocycles. The number of rotatable bonds is 1. The van der Waals surface area contributed by atoms with Gasteiger partial charge in [0.1, 0.15) is 0 Å². The van der Waals surface area contributed by atoms with E-state index < -0.39 is 5.79 Å². The van der Waals surface area contributed by atoms with E-state index in [9.17, 15) is 5.11 Å². The Morgan fingerprint density at radius 2 is 2.07 bits per heavy atom. The minimum atomic E-state index is -1.23. The SMILES string of the molecule is CC1(C)[C@@H]2CC[C@@]1(C)[C@@](O)(OC#N)C2. The molecule has 3 atom stereocenters. The topological polar surface area (TPSA) is 53.2 Å². The third-order valence-electron chi connectivity index (χ3n) is 5.04. The van der Waals surface area contributed by atoms with E-state index in [4.69, 9.17) is 10.00 Å². The summed E-state index contributed by atoms with van der Waals surface area (Å²) in [6.45, 7) is 6.38. The van der Waals surface area contributed by atoms with Gasteiger partial charge in [0.05, 0.1) is 0 Å². The monoisotopic (exact) mass is 195 g/mol. The van der Waals surface area contributed by atoms with Crippen molar-refractivity contribution < 1.29 is 9.84 Å². The molecule has 0 amide bonds. The van der Waals surface area contributed by atoms with Crippen LogP contribution in [0.3, 0.4) is 0 Å². The summed E-state index contributed by atoms with van der Waals surface area (Å²) < 4.78 is 4.92. The molecule has 78 valence electrons. The lowest BCUT2D eigenvalue weighted by atomic mass is 9.68. The first-order chi connectivity index (χ1) is 6.37. The van der Waals surface area contributed by atoms with Crippen LogP contribution in [0.4, 0.5) is 0 Å². The van der Waals surface area contributed by atoms with Crippen molar-refractivity contribution in [3.63, 3.8) is 0 Å². The maximum Gasteiger partial charge on any atom is 0.289 e. The quantitative estimate of drug-likeness (QED) is 0.514. The molecule has 2 saturated carbocycles. The third-order valence-corrected chi connectivity index (χ3v) is 5.04. The minimum absolute atomic E-state index is 0.0681. The smallest absolute Gasteiger partial charge is 0.289 e. The van der Waals surface area contributed by atoms with E-state index >= 15 is 0 Å². The van der Waals surface area contributed by atoms with Crippen LogP contribution in [-0.4, -0.2) is 10.9 Å². The van der Waals surface area contributed by atoms with Gasteiger partial charge in [-0.1, -0.05) is 20.8 Å². The van der Waals surface area contributed by atoms with Crippen molar-refractivity contribution in [2.45, 2.75) is 45.8 Å². The number of hydrogen-bond donors (Lipinski definition) is 1. The van der Waals surface area contributed by atoms with Gasteiger partial charge in [0.2, 0.25) is 5.79 Å². The molecule has 0 saturated heterocycles.